The van der Waals surface area contributed by atoms with Gasteiger partial charge in [-0.2, -0.15) is 0 Å². The molecule has 1 N–H and O–H groups in total. The summed E-state index contributed by atoms with van der Waals surface area (Å²) < 4.78 is 0. The summed E-state index contributed by atoms with van der Waals surface area (Å²) in [4.78, 5) is 0. The fraction of sp³-hybridized carbons (Fsp3) is 0.833. The topological polar surface area (TPSA) is 12.0 Å². The number of allylic oxidation sites excluding steroid dienone is 1. The molecular formula is C12H23NP. The quantitative estimate of drug-likeness (QED) is 0.678. The van der Waals surface area contributed by atoms with E-state index in [-0.39, 0.29) is 9.90 Å². The molecule has 0 saturated heterocycles. The molecule has 0 heterocycles. The van der Waals surface area contributed by atoms with E-state index in [1.165, 1.54) is 44.9 Å². The molecule has 1 nitrogen and oxygen atoms in total. The number of hydrogen-bond acceptors (Lipinski definition) is 1. The molecule has 0 aromatic carbocycles. The van der Waals surface area contributed by atoms with Crippen molar-refractivity contribution in [2.24, 2.45) is 0 Å². The van der Waals surface area contributed by atoms with Gasteiger partial charge < -0.3 is 5.32 Å². The number of nitrogens with one attached hydrogen (secondary N) is 1. The zero-order chi connectivity index (χ0) is 9.52. The smallest absolute Gasteiger partial charge is 0.0255 e. The monoisotopic (exact) mass is 212 g/mol. The zero-order valence-electron chi connectivity index (χ0n) is 9.55. The third kappa shape index (κ3) is 5.00. The second kappa shape index (κ2) is 8.29. The first-order valence-electron chi connectivity index (χ1n) is 5.80. The van der Waals surface area contributed by atoms with Crippen molar-refractivity contribution in [2.45, 2.75) is 64.8 Å². The van der Waals surface area contributed by atoms with Crippen LogP contribution in [0.3, 0.4) is 0 Å². The van der Waals surface area contributed by atoms with E-state index in [2.05, 4.69) is 25.4 Å². The number of rotatable bonds is 4. The van der Waals surface area contributed by atoms with Crippen LogP contribution in [-0.2, 0) is 0 Å². The molecule has 0 amide bonds. The normalized spacial score (nSPS) is 17.0. The van der Waals surface area contributed by atoms with Gasteiger partial charge in [-0.15, -0.1) is 0 Å². The van der Waals surface area contributed by atoms with Gasteiger partial charge in [0.2, 0.25) is 0 Å². The van der Waals surface area contributed by atoms with Crippen molar-refractivity contribution >= 4 is 9.90 Å². The Hall–Kier alpha value is -0.0300. The van der Waals surface area contributed by atoms with E-state index in [4.69, 9.17) is 0 Å². The second-order valence-corrected chi connectivity index (χ2v) is 4.01. The maximum Gasteiger partial charge on any atom is 0.0255 e. The summed E-state index contributed by atoms with van der Waals surface area (Å²) in [5, 5.41) is 3.56. The van der Waals surface area contributed by atoms with Crippen LogP contribution in [0, 0.1) is 0 Å². The lowest BCUT2D eigenvalue weighted by Crippen LogP contribution is -2.26. The Kier molecular flexibility index (Phi) is 8.27. The standard InChI is InChI=1S/C12H23N.P/c1-3-11(4-2)10-13-12-8-6-5-7-9-12;/h10,12-13H,3-9H2,1-2H3;. The summed E-state index contributed by atoms with van der Waals surface area (Å²) >= 11 is 0. The van der Waals surface area contributed by atoms with Crippen molar-refractivity contribution in [1.82, 2.24) is 5.32 Å². The average molecular weight is 212 g/mol. The van der Waals surface area contributed by atoms with Crippen LogP contribution >= 0.6 is 9.90 Å². The lowest BCUT2D eigenvalue weighted by molar-refractivity contribution is 0.403. The summed E-state index contributed by atoms with van der Waals surface area (Å²) in [7, 11) is 0. The lowest BCUT2D eigenvalue weighted by Gasteiger charge is -2.22. The molecule has 3 radical (unpaired) electrons. The van der Waals surface area contributed by atoms with Crippen LogP contribution in [0.4, 0.5) is 0 Å². The SMILES string of the molecule is CCC(=CNC1CCCCC1)CC.[P]. The van der Waals surface area contributed by atoms with Crippen LogP contribution in [0.1, 0.15) is 58.8 Å². The van der Waals surface area contributed by atoms with E-state index >= 15 is 0 Å². The van der Waals surface area contributed by atoms with Gasteiger partial charge in [0.25, 0.3) is 0 Å². The van der Waals surface area contributed by atoms with Gasteiger partial charge in [0.05, 0.1) is 0 Å². The molecule has 0 aromatic rings. The van der Waals surface area contributed by atoms with Gasteiger partial charge in [-0.1, -0.05) is 38.7 Å². The maximum absolute atomic E-state index is 3.56. The van der Waals surface area contributed by atoms with Gasteiger partial charge in [0.15, 0.2) is 0 Å². The molecule has 1 saturated carbocycles. The van der Waals surface area contributed by atoms with Gasteiger partial charge in [-0.25, -0.2) is 0 Å². The Balaban J connectivity index is 0.00000169. The fourth-order valence-corrected chi connectivity index (χ4v) is 1.96. The molecule has 0 aliphatic heterocycles. The minimum atomic E-state index is 0. The second-order valence-electron chi connectivity index (χ2n) is 4.01. The van der Waals surface area contributed by atoms with Crippen LogP contribution in [0.15, 0.2) is 11.8 Å². The highest BCUT2D eigenvalue weighted by Gasteiger charge is 2.10. The Morgan fingerprint density at radius 3 is 2.21 bits per heavy atom. The predicted molar refractivity (Wildman–Crippen MR) is 65.6 cm³/mol. The molecule has 1 fully saturated rings. The minimum absolute atomic E-state index is 0. The van der Waals surface area contributed by atoms with E-state index in [9.17, 15) is 0 Å². The lowest BCUT2D eigenvalue weighted by atomic mass is 9.95. The zero-order valence-corrected chi connectivity index (χ0v) is 10.4. The molecule has 2 heteroatoms. The first-order chi connectivity index (χ1) is 6.36. The van der Waals surface area contributed by atoms with Gasteiger partial charge >= 0.3 is 0 Å². The third-order valence-electron chi connectivity index (χ3n) is 3.04. The first-order valence-corrected chi connectivity index (χ1v) is 5.80. The summed E-state index contributed by atoms with van der Waals surface area (Å²) in [6, 6.07) is 0.766. The van der Waals surface area contributed by atoms with Crippen molar-refractivity contribution < 1.29 is 0 Å². The van der Waals surface area contributed by atoms with Crippen LogP contribution in [0.5, 0.6) is 0 Å². The molecule has 0 bridgehead atoms. The molecule has 1 rings (SSSR count). The highest BCUT2D eigenvalue weighted by Crippen LogP contribution is 2.17. The number of hydrogen-bond donors (Lipinski definition) is 1. The fourth-order valence-electron chi connectivity index (χ4n) is 1.96. The predicted octanol–water partition coefficient (Wildman–Crippen LogP) is 4.47. The minimum Gasteiger partial charge on any atom is -0.388 e. The Labute approximate surface area is 92.4 Å². The molecule has 81 valence electrons. The van der Waals surface area contributed by atoms with Crippen molar-refractivity contribution in [2.75, 3.05) is 0 Å². The summed E-state index contributed by atoms with van der Waals surface area (Å²) in [5.74, 6) is 0. The maximum atomic E-state index is 3.56. The molecule has 14 heavy (non-hydrogen) atoms. The molecular weight excluding hydrogens is 189 g/mol. The highest BCUT2D eigenvalue weighted by atomic mass is 31.0. The molecule has 0 spiro atoms. The van der Waals surface area contributed by atoms with Gasteiger partial charge in [0, 0.05) is 15.9 Å². The van der Waals surface area contributed by atoms with E-state index in [1.54, 1.807) is 5.57 Å². The van der Waals surface area contributed by atoms with E-state index in [0.29, 0.717) is 0 Å². The first kappa shape index (κ1) is 14.0. The molecule has 1 aliphatic rings. The molecule has 0 atom stereocenters. The summed E-state index contributed by atoms with van der Waals surface area (Å²) in [6.45, 7) is 4.47. The molecule has 0 aromatic heterocycles. The van der Waals surface area contributed by atoms with Gasteiger partial charge in [-0.05, 0) is 31.9 Å². The molecule has 0 unspecified atom stereocenters. The van der Waals surface area contributed by atoms with Crippen LogP contribution in [0.2, 0.25) is 0 Å². The van der Waals surface area contributed by atoms with Crippen molar-refractivity contribution in [3.63, 3.8) is 0 Å². The third-order valence-corrected chi connectivity index (χ3v) is 3.04. The Bertz CT molecular complexity index is 154. The summed E-state index contributed by atoms with van der Waals surface area (Å²) in [6.07, 6.45) is 11.7. The Morgan fingerprint density at radius 2 is 1.71 bits per heavy atom. The van der Waals surface area contributed by atoms with Crippen molar-refractivity contribution in [3.8, 4) is 0 Å². The van der Waals surface area contributed by atoms with E-state index in [0.717, 1.165) is 6.04 Å². The average Bonchev–Trinajstić information content (AvgIpc) is 2.21. The van der Waals surface area contributed by atoms with Crippen molar-refractivity contribution in [3.05, 3.63) is 11.8 Å². The largest absolute Gasteiger partial charge is 0.388 e. The Morgan fingerprint density at radius 1 is 1.14 bits per heavy atom. The highest BCUT2D eigenvalue weighted by molar-refractivity contribution is 6.92. The van der Waals surface area contributed by atoms with E-state index < -0.39 is 0 Å². The summed E-state index contributed by atoms with van der Waals surface area (Å²) in [5.41, 5.74) is 1.55. The van der Waals surface area contributed by atoms with Gasteiger partial charge in [-0.3, -0.25) is 0 Å². The van der Waals surface area contributed by atoms with Crippen molar-refractivity contribution in [1.29, 1.82) is 0 Å². The van der Waals surface area contributed by atoms with Crippen LogP contribution < -0.4 is 5.32 Å². The van der Waals surface area contributed by atoms with Crippen LogP contribution in [-0.4, -0.2) is 6.04 Å². The van der Waals surface area contributed by atoms with Crippen LogP contribution in [0.25, 0.3) is 0 Å². The molecule has 1 aliphatic carbocycles. The van der Waals surface area contributed by atoms with Gasteiger partial charge in [0.1, 0.15) is 0 Å². The van der Waals surface area contributed by atoms with E-state index in [1.807, 2.05) is 0 Å².